The molecule has 1 amide bonds. The Labute approximate surface area is 139 Å². The lowest BCUT2D eigenvalue weighted by Crippen LogP contribution is -2.28. The average molecular weight is 368 g/mol. The zero-order valence-electron chi connectivity index (χ0n) is 13.4. The van der Waals surface area contributed by atoms with Gasteiger partial charge in [0.05, 0.1) is 28.4 Å². The molecule has 0 aliphatic heterocycles. The van der Waals surface area contributed by atoms with E-state index < -0.39 is 0 Å². The molecule has 1 N–H and O–H groups in total. The minimum absolute atomic E-state index is 0.00206. The third kappa shape index (κ3) is 3.76. The van der Waals surface area contributed by atoms with Crippen molar-refractivity contribution in [2.75, 3.05) is 0 Å². The van der Waals surface area contributed by atoms with Crippen molar-refractivity contribution in [1.82, 2.24) is 24.9 Å². The van der Waals surface area contributed by atoms with Gasteiger partial charge in [0.25, 0.3) is 0 Å². The van der Waals surface area contributed by atoms with Crippen molar-refractivity contribution >= 4 is 21.8 Å². The number of hydrogen-bond donors (Lipinski definition) is 1. The summed E-state index contributed by atoms with van der Waals surface area (Å²) in [4.78, 5) is 12.1. The van der Waals surface area contributed by atoms with Gasteiger partial charge >= 0.3 is 0 Å². The highest BCUT2D eigenvalue weighted by atomic mass is 79.9. The SMILES string of the molecule is CCn1ccc(C(C)NC(=O)CCn2nc(C)c(Br)c2C)n1. The second-order valence-corrected chi connectivity index (χ2v) is 6.14. The van der Waals surface area contributed by atoms with E-state index in [0.29, 0.717) is 13.0 Å². The summed E-state index contributed by atoms with van der Waals surface area (Å²) in [7, 11) is 0. The molecule has 0 bridgehead atoms. The Hall–Kier alpha value is -1.63. The van der Waals surface area contributed by atoms with Crippen LogP contribution in [0.4, 0.5) is 0 Å². The van der Waals surface area contributed by atoms with Gasteiger partial charge in [0.1, 0.15) is 0 Å². The van der Waals surface area contributed by atoms with Crippen LogP contribution in [-0.2, 0) is 17.9 Å². The van der Waals surface area contributed by atoms with Crippen molar-refractivity contribution in [3.05, 3.63) is 33.8 Å². The van der Waals surface area contributed by atoms with Crippen LogP contribution in [0.3, 0.4) is 0 Å². The lowest BCUT2D eigenvalue weighted by atomic mass is 10.2. The summed E-state index contributed by atoms with van der Waals surface area (Å²) in [5.74, 6) is 0.00206. The van der Waals surface area contributed by atoms with Gasteiger partial charge in [-0.1, -0.05) is 0 Å². The second kappa shape index (κ2) is 7.09. The molecule has 0 fully saturated rings. The monoisotopic (exact) mass is 367 g/mol. The van der Waals surface area contributed by atoms with E-state index in [-0.39, 0.29) is 11.9 Å². The molecule has 7 heteroatoms. The van der Waals surface area contributed by atoms with Crippen molar-refractivity contribution < 1.29 is 4.79 Å². The van der Waals surface area contributed by atoms with E-state index in [9.17, 15) is 4.79 Å². The maximum Gasteiger partial charge on any atom is 0.222 e. The van der Waals surface area contributed by atoms with Crippen molar-refractivity contribution in [1.29, 1.82) is 0 Å². The molecular weight excluding hydrogens is 346 g/mol. The van der Waals surface area contributed by atoms with E-state index in [1.54, 1.807) is 0 Å². The number of rotatable bonds is 6. The van der Waals surface area contributed by atoms with Gasteiger partial charge in [0.2, 0.25) is 5.91 Å². The maximum absolute atomic E-state index is 12.1. The van der Waals surface area contributed by atoms with Crippen molar-refractivity contribution in [2.24, 2.45) is 0 Å². The summed E-state index contributed by atoms with van der Waals surface area (Å²) in [5.41, 5.74) is 2.86. The molecule has 0 aliphatic carbocycles. The molecule has 2 heterocycles. The first-order chi connectivity index (χ1) is 10.4. The number of carbonyl (C=O) groups is 1. The van der Waals surface area contributed by atoms with Crippen LogP contribution >= 0.6 is 15.9 Å². The first-order valence-electron chi connectivity index (χ1n) is 7.44. The van der Waals surface area contributed by atoms with Crippen LogP contribution in [0.25, 0.3) is 0 Å². The fourth-order valence-corrected chi connectivity index (χ4v) is 2.56. The normalized spacial score (nSPS) is 12.4. The molecule has 2 aromatic heterocycles. The minimum Gasteiger partial charge on any atom is -0.348 e. The molecule has 22 heavy (non-hydrogen) atoms. The third-order valence-corrected chi connectivity index (χ3v) is 4.80. The summed E-state index contributed by atoms with van der Waals surface area (Å²) in [6, 6.07) is 1.85. The molecule has 120 valence electrons. The highest BCUT2D eigenvalue weighted by molar-refractivity contribution is 9.10. The maximum atomic E-state index is 12.1. The quantitative estimate of drug-likeness (QED) is 0.853. The summed E-state index contributed by atoms with van der Waals surface area (Å²) in [6.07, 6.45) is 2.32. The summed E-state index contributed by atoms with van der Waals surface area (Å²) in [5, 5.41) is 11.8. The molecule has 0 saturated carbocycles. The molecular formula is C15H22BrN5O. The van der Waals surface area contributed by atoms with Crippen LogP contribution in [0.1, 0.15) is 43.4 Å². The first-order valence-corrected chi connectivity index (χ1v) is 8.23. The van der Waals surface area contributed by atoms with Crippen LogP contribution < -0.4 is 5.32 Å². The fourth-order valence-electron chi connectivity index (χ4n) is 2.27. The van der Waals surface area contributed by atoms with Gasteiger partial charge in [-0.2, -0.15) is 10.2 Å². The lowest BCUT2D eigenvalue weighted by Gasteiger charge is -2.12. The van der Waals surface area contributed by atoms with E-state index in [2.05, 4.69) is 31.4 Å². The van der Waals surface area contributed by atoms with Crippen molar-refractivity contribution in [2.45, 2.75) is 53.2 Å². The molecule has 0 aliphatic rings. The van der Waals surface area contributed by atoms with Gasteiger partial charge in [-0.15, -0.1) is 0 Å². The van der Waals surface area contributed by atoms with Crippen molar-refractivity contribution in [3.63, 3.8) is 0 Å². The van der Waals surface area contributed by atoms with Gasteiger partial charge in [-0.3, -0.25) is 14.2 Å². The van der Waals surface area contributed by atoms with Gasteiger partial charge in [0.15, 0.2) is 0 Å². The Morgan fingerprint density at radius 2 is 2.14 bits per heavy atom. The van der Waals surface area contributed by atoms with E-state index >= 15 is 0 Å². The number of aromatic nitrogens is 4. The molecule has 2 aromatic rings. The first kappa shape index (κ1) is 16.7. The zero-order valence-corrected chi connectivity index (χ0v) is 15.0. The third-order valence-electron chi connectivity index (χ3n) is 3.65. The molecule has 2 rings (SSSR count). The number of nitrogens with zero attached hydrogens (tertiary/aromatic N) is 4. The number of halogens is 1. The van der Waals surface area contributed by atoms with Gasteiger partial charge < -0.3 is 5.32 Å². The Morgan fingerprint density at radius 3 is 2.68 bits per heavy atom. The van der Waals surface area contributed by atoms with Crippen LogP contribution in [0.2, 0.25) is 0 Å². The molecule has 0 spiro atoms. The lowest BCUT2D eigenvalue weighted by molar-refractivity contribution is -0.122. The molecule has 6 nitrogen and oxygen atoms in total. The molecule has 0 aromatic carbocycles. The van der Waals surface area contributed by atoms with Gasteiger partial charge in [-0.25, -0.2) is 0 Å². The Bertz CT molecular complexity index is 661. The standard InChI is InChI=1S/C15H22BrN5O/c1-5-20-8-6-13(19-20)10(2)17-14(22)7-9-21-12(4)15(16)11(3)18-21/h6,8,10H,5,7,9H2,1-4H3,(H,17,22). The van der Waals surface area contributed by atoms with E-state index in [1.165, 1.54) is 0 Å². The average Bonchev–Trinajstić information content (AvgIpc) is 3.06. The number of hydrogen-bond acceptors (Lipinski definition) is 3. The Morgan fingerprint density at radius 1 is 1.41 bits per heavy atom. The summed E-state index contributed by atoms with van der Waals surface area (Å²) in [6.45, 7) is 9.31. The molecule has 0 radical (unpaired) electrons. The topological polar surface area (TPSA) is 64.7 Å². The minimum atomic E-state index is -0.0903. The number of carbonyl (C=O) groups excluding carboxylic acids is 1. The highest BCUT2D eigenvalue weighted by Crippen LogP contribution is 2.19. The summed E-state index contributed by atoms with van der Waals surface area (Å²) < 4.78 is 4.72. The number of nitrogens with one attached hydrogen (secondary N) is 1. The van der Waals surface area contributed by atoms with E-state index in [4.69, 9.17) is 0 Å². The van der Waals surface area contributed by atoms with Crippen LogP contribution in [0, 0.1) is 13.8 Å². The van der Waals surface area contributed by atoms with Crippen LogP contribution in [0.15, 0.2) is 16.7 Å². The van der Waals surface area contributed by atoms with Gasteiger partial charge in [0, 0.05) is 24.9 Å². The molecule has 0 saturated heterocycles. The zero-order chi connectivity index (χ0) is 16.3. The predicted molar refractivity (Wildman–Crippen MR) is 88.5 cm³/mol. The number of aryl methyl sites for hydroxylation is 3. The molecule has 1 atom stereocenters. The van der Waals surface area contributed by atoms with Crippen LogP contribution in [0.5, 0.6) is 0 Å². The Kier molecular flexibility index (Phi) is 5.39. The highest BCUT2D eigenvalue weighted by Gasteiger charge is 2.14. The van der Waals surface area contributed by atoms with Crippen molar-refractivity contribution in [3.8, 4) is 0 Å². The summed E-state index contributed by atoms with van der Waals surface area (Å²) >= 11 is 3.49. The number of amides is 1. The van der Waals surface area contributed by atoms with Gasteiger partial charge in [-0.05, 0) is 49.7 Å². The smallest absolute Gasteiger partial charge is 0.222 e. The van der Waals surface area contributed by atoms with Crippen LogP contribution in [-0.4, -0.2) is 25.5 Å². The predicted octanol–water partition coefficient (Wildman–Crippen LogP) is 2.75. The van der Waals surface area contributed by atoms with E-state index in [0.717, 1.165) is 28.1 Å². The fraction of sp³-hybridized carbons (Fsp3) is 0.533. The second-order valence-electron chi connectivity index (χ2n) is 5.34. The molecule has 1 unspecified atom stereocenters. The largest absolute Gasteiger partial charge is 0.348 e. The Balaban J connectivity index is 1.88. The van der Waals surface area contributed by atoms with E-state index in [1.807, 2.05) is 49.3 Å².